The van der Waals surface area contributed by atoms with Crippen LogP contribution in [0.2, 0.25) is 0 Å². The zero-order chi connectivity index (χ0) is 11.8. The maximum atomic E-state index is 5.38. The maximum Gasteiger partial charge on any atom is 0.295 e. The second kappa shape index (κ2) is 3.58. The van der Waals surface area contributed by atoms with Crippen LogP contribution in [0, 0.1) is 5.41 Å². The van der Waals surface area contributed by atoms with Crippen LogP contribution < -0.4 is 5.73 Å². The van der Waals surface area contributed by atoms with Gasteiger partial charge < -0.3 is 10.3 Å². The molecule has 0 atom stereocenters. The number of aromatic nitrogens is 5. The Morgan fingerprint density at radius 2 is 2.06 bits per heavy atom. The average Bonchev–Trinajstić information content (AvgIpc) is 2.71. The van der Waals surface area contributed by atoms with Gasteiger partial charge in [0.1, 0.15) is 0 Å². The van der Waals surface area contributed by atoms with Crippen molar-refractivity contribution in [2.45, 2.75) is 27.2 Å². The highest BCUT2D eigenvalue weighted by atomic mass is 16.5. The van der Waals surface area contributed by atoms with Gasteiger partial charge in [0.15, 0.2) is 5.82 Å². The predicted octanol–water partition coefficient (Wildman–Crippen LogP) is 1.03. The second-order valence-corrected chi connectivity index (χ2v) is 4.80. The summed E-state index contributed by atoms with van der Waals surface area (Å²) in [6.45, 7) is 6.32. The van der Waals surface area contributed by atoms with Crippen molar-refractivity contribution >= 4 is 5.95 Å². The van der Waals surface area contributed by atoms with Crippen LogP contribution in [0.25, 0.3) is 11.7 Å². The van der Waals surface area contributed by atoms with E-state index in [0.717, 1.165) is 6.42 Å². The van der Waals surface area contributed by atoms with Crippen molar-refractivity contribution in [3.63, 3.8) is 0 Å². The van der Waals surface area contributed by atoms with Crippen molar-refractivity contribution in [3.05, 3.63) is 5.82 Å². The Labute approximate surface area is 92.5 Å². The first kappa shape index (κ1) is 10.6. The molecule has 2 heterocycles. The fourth-order valence-corrected chi connectivity index (χ4v) is 1.27. The topological polar surface area (TPSA) is 107 Å². The molecule has 0 radical (unpaired) electrons. The molecule has 0 aliphatic rings. The molecule has 0 aliphatic carbocycles. The number of nitrogen functional groups attached to an aromatic ring is 1. The summed E-state index contributed by atoms with van der Waals surface area (Å²) in [5.74, 6) is 1.51. The van der Waals surface area contributed by atoms with Crippen LogP contribution in [0.3, 0.4) is 0 Å². The summed E-state index contributed by atoms with van der Waals surface area (Å²) >= 11 is 0. The van der Waals surface area contributed by atoms with E-state index in [9.17, 15) is 0 Å². The minimum absolute atomic E-state index is 0.113. The fraction of sp³-hybridized carbons (Fsp3) is 0.556. The molecule has 0 aromatic carbocycles. The van der Waals surface area contributed by atoms with Gasteiger partial charge in [-0.3, -0.25) is 5.10 Å². The summed E-state index contributed by atoms with van der Waals surface area (Å²) < 4.78 is 5.06. The van der Waals surface area contributed by atoms with E-state index in [1.807, 2.05) is 0 Å². The lowest BCUT2D eigenvalue weighted by Gasteiger charge is -2.14. The van der Waals surface area contributed by atoms with E-state index in [-0.39, 0.29) is 11.4 Å². The van der Waals surface area contributed by atoms with Crippen LogP contribution in [0.15, 0.2) is 4.52 Å². The van der Waals surface area contributed by atoms with Gasteiger partial charge in [-0.05, 0) is 5.41 Å². The smallest absolute Gasteiger partial charge is 0.295 e. The summed E-state index contributed by atoms with van der Waals surface area (Å²) in [5, 5.41) is 10.2. The molecule has 0 saturated heterocycles. The van der Waals surface area contributed by atoms with Crippen LogP contribution in [0.4, 0.5) is 5.95 Å². The first-order valence-electron chi connectivity index (χ1n) is 4.95. The van der Waals surface area contributed by atoms with E-state index in [2.05, 4.69) is 46.1 Å². The van der Waals surface area contributed by atoms with Crippen molar-refractivity contribution in [1.29, 1.82) is 0 Å². The average molecular weight is 222 g/mol. The van der Waals surface area contributed by atoms with Crippen molar-refractivity contribution in [1.82, 2.24) is 25.3 Å². The van der Waals surface area contributed by atoms with Crippen LogP contribution in [0.1, 0.15) is 26.6 Å². The molecule has 0 spiro atoms. The molecule has 0 unspecified atom stereocenters. The van der Waals surface area contributed by atoms with Crippen molar-refractivity contribution in [3.8, 4) is 11.7 Å². The van der Waals surface area contributed by atoms with Crippen LogP contribution >= 0.6 is 0 Å². The molecule has 2 aromatic rings. The van der Waals surface area contributed by atoms with Gasteiger partial charge in [0, 0.05) is 6.42 Å². The summed E-state index contributed by atoms with van der Waals surface area (Å²) in [6.07, 6.45) is 0.736. The maximum absolute atomic E-state index is 5.38. The van der Waals surface area contributed by atoms with Crippen molar-refractivity contribution in [2.24, 2.45) is 5.41 Å². The Balaban J connectivity index is 2.20. The molecular formula is C9H14N6O. The molecular weight excluding hydrogens is 208 g/mol. The molecule has 3 N–H and O–H groups in total. The number of nitrogens with one attached hydrogen (secondary N) is 1. The number of anilines is 1. The highest BCUT2D eigenvalue weighted by Gasteiger charge is 2.18. The largest absolute Gasteiger partial charge is 0.366 e. The molecule has 7 heteroatoms. The molecule has 7 nitrogen and oxygen atoms in total. The minimum atomic E-state index is 0.113. The van der Waals surface area contributed by atoms with Gasteiger partial charge in [0.25, 0.3) is 5.89 Å². The third-order valence-electron chi connectivity index (χ3n) is 1.86. The summed E-state index contributed by atoms with van der Waals surface area (Å²) in [6, 6.07) is 0. The van der Waals surface area contributed by atoms with Gasteiger partial charge in [0.2, 0.25) is 11.8 Å². The Bertz CT molecular complexity index is 480. The number of H-pyrrole nitrogens is 1. The predicted molar refractivity (Wildman–Crippen MR) is 57.2 cm³/mol. The van der Waals surface area contributed by atoms with Gasteiger partial charge in [-0.25, -0.2) is 0 Å². The first-order chi connectivity index (χ1) is 7.44. The van der Waals surface area contributed by atoms with Crippen LogP contribution in [-0.4, -0.2) is 25.3 Å². The van der Waals surface area contributed by atoms with Crippen LogP contribution in [0.5, 0.6) is 0 Å². The standard InChI is InChI=1S/C9H14N6O/c1-9(2,3)4-5-11-7(16-15-5)6-12-8(10)14-13-6/h4H2,1-3H3,(H3,10,12,13,14). The quantitative estimate of drug-likeness (QED) is 0.785. The molecule has 2 aromatic heterocycles. The lowest BCUT2D eigenvalue weighted by atomic mass is 9.92. The van der Waals surface area contributed by atoms with E-state index in [1.54, 1.807) is 0 Å². The van der Waals surface area contributed by atoms with Gasteiger partial charge in [-0.15, -0.1) is 5.10 Å². The van der Waals surface area contributed by atoms with Gasteiger partial charge >= 0.3 is 0 Å². The van der Waals surface area contributed by atoms with Gasteiger partial charge in [-0.2, -0.15) is 9.97 Å². The lowest BCUT2D eigenvalue weighted by molar-refractivity contribution is 0.374. The number of hydrogen-bond donors (Lipinski definition) is 2. The Morgan fingerprint density at radius 3 is 2.62 bits per heavy atom. The highest BCUT2D eigenvalue weighted by Crippen LogP contribution is 2.20. The number of nitrogens with zero attached hydrogens (tertiary/aromatic N) is 4. The number of hydrogen-bond acceptors (Lipinski definition) is 6. The zero-order valence-corrected chi connectivity index (χ0v) is 9.48. The van der Waals surface area contributed by atoms with Crippen LogP contribution in [-0.2, 0) is 6.42 Å². The Hall–Kier alpha value is -1.92. The van der Waals surface area contributed by atoms with E-state index in [1.165, 1.54) is 0 Å². The number of nitrogens with two attached hydrogens (primary N) is 1. The van der Waals surface area contributed by atoms with E-state index in [4.69, 9.17) is 10.3 Å². The van der Waals surface area contributed by atoms with Gasteiger partial charge in [-0.1, -0.05) is 25.9 Å². The van der Waals surface area contributed by atoms with E-state index >= 15 is 0 Å². The van der Waals surface area contributed by atoms with Crippen molar-refractivity contribution in [2.75, 3.05) is 5.73 Å². The Kier molecular flexibility index (Phi) is 2.37. The summed E-state index contributed by atoms with van der Waals surface area (Å²) in [7, 11) is 0. The molecule has 2 rings (SSSR count). The minimum Gasteiger partial charge on any atom is -0.366 e. The van der Waals surface area contributed by atoms with Gasteiger partial charge in [0.05, 0.1) is 0 Å². The SMILES string of the molecule is CC(C)(C)Cc1noc(-c2nc(N)n[nH]2)n1. The van der Waals surface area contributed by atoms with E-state index in [0.29, 0.717) is 17.5 Å². The lowest BCUT2D eigenvalue weighted by Crippen LogP contribution is -2.10. The van der Waals surface area contributed by atoms with E-state index < -0.39 is 0 Å². The van der Waals surface area contributed by atoms with Crippen molar-refractivity contribution < 1.29 is 4.52 Å². The normalized spacial score (nSPS) is 11.9. The molecule has 0 amide bonds. The number of rotatable bonds is 2. The molecule has 0 aliphatic heterocycles. The fourth-order valence-electron chi connectivity index (χ4n) is 1.27. The molecule has 0 fully saturated rings. The molecule has 86 valence electrons. The summed E-state index contributed by atoms with van der Waals surface area (Å²) in [5.41, 5.74) is 5.49. The number of aromatic amines is 1. The molecule has 16 heavy (non-hydrogen) atoms. The molecule has 0 saturated carbocycles. The highest BCUT2D eigenvalue weighted by molar-refractivity contribution is 5.41. The zero-order valence-electron chi connectivity index (χ0n) is 9.48. The second-order valence-electron chi connectivity index (χ2n) is 4.80. The molecule has 0 bridgehead atoms. The summed E-state index contributed by atoms with van der Waals surface area (Å²) in [4.78, 5) is 8.12. The monoisotopic (exact) mass is 222 g/mol. The third-order valence-corrected chi connectivity index (χ3v) is 1.86. The Morgan fingerprint density at radius 1 is 1.31 bits per heavy atom. The third kappa shape index (κ3) is 2.36. The first-order valence-corrected chi connectivity index (χ1v) is 4.95.